The van der Waals surface area contributed by atoms with Crippen LogP contribution in [0.5, 0.6) is 0 Å². The zero-order chi connectivity index (χ0) is 18.8. The predicted molar refractivity (Wildman–Crippen MR) is 104 cm³/mol. The Morgan fingerprint density at radius 2 is 1.85 bits per heavy atom. The maximum atomic E-state index is 12.7. The van der Waals surface area contributed by atoms with Gasteiger partial charge in [-0.05, 0) is 55.8 Å². The molecule has 2 aromatic carbocycles. The molecule has 1 aromatic heterocycles. The van der Waals surface area contributed by atoms with Crippen molar-refractivity contribution in [3.63, 3.8) is 0 Å². The van der Waals surface area contributed by atoms with Gasteiger partial charge in [0.1, 0.15) is 0 Å². The van der Waals surface area contributed by atoms with Crippen LogP contribution in [0.1, 0.15) is 28.9 Å². The summed E-state index contributed by atoms with van der Waals surface area (Å²) >= 11 is 0. The van der Waals surface area contributed by atoms with E-state index in [9.17, 15) is 9.59 Å². The zero-order valence-electron chi connectivity index (χ0n) is 15.1. The van der Waals surface area contributed by atoms with E-state index in [4.69, 9.17) is 0 Å². The van der Waals surface area contributed by atoms with Crippen molar-refractivity contribution in [2.24, 2.45) is 0 Å². The Labute approximate surface area is 157 Å². The Morgan fingerprint density at radius 3 is 2.52 bits per heavy atom. The third-order valence-corrected chi connectivity index (χ3v) is 4.72. The van der Waals surface area contributed by atoms with E-state index in [2.05, 4.69) is 10.4 Å². The monoisotopic (exact) mass is 360 g/mol. The summed E-state index contributed by atoms with van der Waals surface area (Å²) in [5.41, 5.74) is 3.86. The molecule has 0 unspecified atom stereocenters. The van der Waals surface area contributed by atoms with Crippen LogP contribution in [0.4, 0.5) is 11.4 Å². The third kappa shape index (κ3) is 3.33. The van der Waals surface area contributed by atoms with E-state index in [1.54, 1.807) is 23.2 Å². The highest BCUT2D eigenvalue weighted by Crippen LogP contribution is 2.29. The summed E-state index contributed by atoms with van der Waals surface area (Å²) < 4.78 is 1.82. The molecular weight excluding hydrogens is 340 g/mol. The number of hydrogen-bond acceptors (Lipinski definition) is 3. The number of carbonyl (C=O) groups excluding carboxylic acids is 2. The number of carbonyl (C=O) groups is 2. The number of amides is 2. The Hall–Kier alpha value is -3.41. The number of nitrogens with zero attached hydrogens (tertiary/aromatic N) is 3. The first kappa shape index (κ1) is 17.0. The summed E-state index contributed by atoms with van der Waals surface area (Å²) in [6.45, 7) is 2.66. The number of rotatable bonds is 4. The van der Waals surface area contributed by atoms with E-state index in [1.807, 2.05) is 54.1 Å². The lowest BCUT2D eigenvalue weighted by atomic mass is 10.1. The molecule has 1 saturated heterocycles. The molecule has 3 aromatic rings. The van der Waals surface area contributed by atoms with Gasteiger partial charge in [-0.25, -0.2) is 4.68 Å². The maximum absolute atomic E-state index is 12.7. The third-order valence-electron chi connectivity index (χ3n) is 4.72. The number of aromatic nitrogens is 2. The Bertz CT molecular complexity index is 991. The van der Waals surface area contributed by atoms with Gasteiger partial charge in [-0.15, -0.1) is 0 Å². The summed E-state index contributed by atoms with van der Waals surface area (Å²) in [4.78, 5) is 26.5. The van der Waals surface area contributed by atoms with Crippen molar-refractivity contribution in [2.45, 2.75) is 19.8 Å². The Morgan fingerprint density at radius 1 is 1.07 bits per heavy atom. The van der Waals surface area contributed by atoms with Gasteiger partial charge in [-0.1, -0.05) is 12.1 Å². The van der Waals surface area contributed by atoms with E-state index < -0.39 is 0 Å². The molecule has 6 nitrogen and oxygen atoms in total. The molecule has 136 valence electrons. The fourth-order valence-electron chi connectivity index (χ4n) is 3.31. The van der Waals surface area contributed by atoms with Gasteiger partial charge in [0.05, 0.1) is 17.1 Å². The molecular formula is C21H20N4O2. The topological polar surface area (TPSA) is 67.2 Å². The largest absolute Gasteiger partial charge is 0.320 e. The molecule has 0 spiro atoms. The molecule has 6 heteroatoms. The smallest absolute Gasteiger partial charge is 0.255 e. The van der Waals surface area contributed by atoms with E-state index in [0.717, 1.165) is 23.5 Å². The molecule has 1 aliphatic rings. The first-order valence-corrected chi connectivity index (χ1v) is 8.95. The molecule has 1 aliphatic heterocycles. The van der Waals surface area contributed by atoms with Gasteiger partial charge < -0.3 is 10.2 Å². The fraction of sp³-hybridized carbons (Fsp3) is 0.190. The normalized spacial score (nSPS) is 13.8. The molecule has 2 heterocycles. The molecule has 27 heavy (non-hydrogen) atoms. The molecule has 0 atom stereocenters. The molecule has 0 saturated carbocycles. The van der Waals surface area contributed by atoms with Crippen molar-refractivity contribution in [2.75, 3.05) is 16.8 Å². The minimum absolute atomic E-state index is 0.0932. The van der Waals surface area contributed by atoms with Crippen LogP contribution in [-0.2, 0) is 4.79 Å². The van der Waals surface area contributed by atoms with Crippen LogP contribution in [0.15, 0.2) is 60.8 Å². The average molecular weight is 360 g/mol. The highest BCUT2D eigenvalue weighted by Gasteiger charge is 2.24. The van der Waals surface area contributed by atoms with E-state index in [-0.39, 0.29) is 11.8 Å². The molecule has 1 N–H and O–H groups in total. The quantitative estimate of drug-likeness (QED) is 0.773. The van der Waals surface area contributed by atoms with Crippen LogP contribution in [0, 0.1) is 6.92 Å². The molecule has 0 radical (unpaired) electrons. The number of para-hydroxylation sites is 2. The van der Waals surface area contributed by atoms with Crippen LogP contribution in [0.3, 0.4) is 0 Å². The minimum atomic E-state index is -0.210. The first-order chi connectivity index (χ1) is 13.1. The average Bonchev–Trinajstić information content (AvgIpc) is 3.30. The van der Waals surface area contributed by atoms with Crippen LogP contribution in [0.25, 0.3) is 5.69 Å². The lowest BCUT2D eigenvalue weighted by Crippen LogP contribution is -2.25. The van der Waals surface area contributed by atoms with Crippen molar-refractivity contribution in [3.05, 3.63) is 72.1 Å². The Kier molecular flexibility index (Phi) is 4.46. The van der Waals surface area contributed by atoms with E-state index >= 15 is 0 Å². The zero-order valence-corrected chi connectivity index (χ0v) is 15.1. The number of aryl methyl sites for hydroxylation is 1. The lowest BCUT2D eigenvalue weighted by molar-refractivity contribution is -0.117. The SMILES string of the molecule is Cc1ccnn1-c1ccc(C(=O)Nc2ccccc2N2CCCC2=O)cc1. The van der Waals surface area contributed by atoms with Crippen LogP contribution in [0.2, 0.25) is 0 Å². The van der Waals surface area contributed by atoms with Gasteiger partial charge in [0.25, 0.3) is 5.91 Å². The summed E-state index contributed by atoms with van der Waals surface area (Å²) in [5, 5.41) is 7.20. The fourth-order valence-corrected chi connectivity index (χ4v) is 3.31. The molecule has 0 aliphatic carbocycles. The summed E-state index contributed by atoms with van der Waals surface area (Å²) in [5.74, 6) is -0.117. The second kappa shape index (κ2) is 7.07. The summed E-state index contributed by atoms with van der Waals surface area (Å²) in [6.07, 6.45) is 3.14. The van der Waals surface area contributed by atoms with Gasteiger partial charge >= 0.3 is 0 Å². The molecule has 1 fully saturated rings. The summed E-state index contributed by atoms with van der Waals surface area (Å²) in [7, 11) is 0. The van der Waals surface area contributed by atoms with E-state index in [0.29, 0.717) is 24.2 Å². The molecule has 2 amide bonds. The van der Waals surface area contributed by atoms with E-state index in [1.165, 1.54) is 0 Å². The second-order valence-corrected chi connectivity index (χ2v) is 6.55. The van der Waals surface area contributed by atoms with Crippen molar-refractivity contribution in [3.8, 4) is 5.69 Å². The minimum Gasteiger partial charge on any atom is -0.320 e. The van der Waals surface area contributed by atoms with Crippen molar-refractivity contribution >= 4 is 23.2 Å². The molecule has 0 bridgehead atoms. The van der Waals surface area contributed by atoms with Gasteiger partial charge in [-0.2, -0.15) is 5.10 Å². The Balaban J connectivity index is 1.55. The predicted octanol–water partition coefficient (Wildman–Crippen LogP) is 3.56. The number of benzene rings is 2. The number of hydrogen-bond donors (Lipinski definition) is 1. The van der Waals surface area contributed by atoms with Gasteiger partial charge in [-0.3, -0.25) is 9.59 Å². The highest BCUT2D eigenvalue weighted by molar-refractivity contribution is 6.08. The highest BCUT2D eigenvalue weighted by atomic mass is 16.2. The number of nitrogens with one attached hydrogen (secondary N) is 1. The lowest BCUT2D eigenvalue weighted by Gasteiger charge is -2.20. The molecule has 4 rings (SSSR count). The van der Waals surface area contributed by atoms with Crippen molar-refractivity contribution in [1.29, 1.82) is 0 Å². The second-order valence-electron chi connectivity index (χ2n) is 6.55. The van der Waals surface area contributed by atoms with Gasteiger partial charge in [0.2, 0.25) is 5.91 Å². The number of anilines is 2. The first-order valence-electron chi connectivity index (χ1n) is 8.95. The van der Waals surface area contributed by atoms with Crippen molar-refractivity contribution in [1.82, 2.24) is 9.78 Å². The van der Waals surface area contributed by atoms with Crippen LogP contribution >= 0.6 is 0 Å². The summed E-state index contributed by atoms with van der Waals surface area (Å²) in [6, 6.07) is 16.6. The standard InChI is InChI=1S/C21H20N4O2/c1-15-12-13-22-25(15)17-10-8-16(9-11-17)21(27)23-18-5-2-3-6-19(18)24-14-4-7-20(24)26/h2-3,5-6,8-13H,4,7,14H2,1H3,(H,23,27). The van der Waals surface area contributed by atoms with Crippen LogP contribution < -0.4 is 10.2 Å². The van der Waals surface area contributed by atoms with Crippen LogP contribution in [-0.4, -0.2) is 28.1 Å². The van der Waals surface area contributed by atoms with Gasteiger partial charge in [0.15, 0.2) is 0 Å². The maximum Gasteiger partial charge on any atom is 0.255 e. The van der Waals surface area contributed by atoms with Gasteiger partial charge in [0, 0.05) is 30.4 Å². The van der Waals surface area contributed by atoms with Crippen molar-refractivity contribution < 1.29 is 9.59 Å².